The summed E-state index contributed by atoms with van der Waals surface area (Å²) in [4.78, 5) is 27.7. The summed E-state index contributed by atoms with van der Waals surface area (Å²) in [6.45, 7) is 8.48. The van der Waals surface area contributed by atoms with E-state index < -0.39 is 43.8 Å². The molecule has 4 atom stereocenters. The lowest BCUT2D eigenvalue weighted by atomic mass is 9.80. The van der Waals surface area contributed by atoms with E-state index in [0.29, 0.717) is 11.5 Å². The van der Waals surface area contributed by atoms with Crippen LogP contribution in [0.5, 0.6) is 11.5 Å². The second-order valence-corrected chi connectivity index (χ2v) is 15.3. The molecule has 0 saturated carbocycles. The van der Waals surface area contributed by atoms with E-state index in [1.54, 1.807) is 14.2 Å². The third-order valence-electron chi connectivity index (χ3n) is 8.94. The van der Waals surface area contributed by atoms with Crippen LogP contribution in [0.3, 0.4) is 0 Å². The Morgan fingerprint density at radius 3 is 2.04 bits per heavy atom. The zero-order valence-electron chi connectivity index (χ0n) is 30.7. The standard InChI is InChI=1S/C39H46BrN4O8P/c1-26(2)44(27(3)4)53(50-22-10-21-41)52-34-23-36(43-24-33(40)37(45)42-38(43)46)51-35(34)25-49-39(28-11-8-7-9-12-28,29-13-17-31(47-5)18-14-29)30-15-19-32(48-6)20-16-30/h7-9,11-20,24,26-27,34-36H,10,22-23,25H2,1-6H3,(H,42,45,46)/t34-,35-,36-,53?/m1/s1. The van der Waals surface area contributed by atoms with Gasteiger partial charge in [-0.25, -0.2) is 9.46 Å². The van der Waals surface area contributed by atoms with Gasteiger partial charge in [-0.05, 0) is 84.6 Å². The van der Waals surface area contributed by atoms with E-state index in [1.807, 2.05) is 78.9 Å². The van der Waals surface area contributed by atoms with E-state index in [4.69, 9.17) is 28.0 Å². The van der Waals surface area contributed by atoms with Crippen LogP contribution in [0.2, 0.25) is 0 Å². The predicted molar refractivity (Wildman–Crippen MR) is 206 cm³/mol. The van der Waals surface area contributed by atoms with Crippen molar-refractivity contribution in [1.82, 2.24) is 14.2 Å². The molecule has 1 fully saturated rings. The van der Waals surface area contributed by atoms with Gasteiger partial charge in [0.15, 0.2) is 0 Å². The van der Waals surface area contributed by atoms with Gasteiger partial charge in [-0.3, -0.25) is 14.3 Å². The Morgan fingerprint density at radius 1 is 0.943 bits per heavy atom. The van der Waals surface area contributed by atoms with Gasteiger partial charge in [-0.1, -0.05) is 54.6 Å². The predicted octanol–water partition coefficient (Wildman–Crippen LogP) is 7.27. The minimum absolute atomic E-state index is 0.0259. The third kappa shape index (κ3) is 9.27. The van der Waals surface area contributed by atoms with Crippen LogP contribution in [-0.4, -0.2) is 65.9 Å². The average Bonchev–Trinajstić information content (AvgIpc) is 3.56. The highest BCUT2D eigenvalue weighted by Crippen LogP contribution is 2.50. The Kier molecular flexibility index (Phi) is 14.0. The van der Waals surface area contributed by atoms with Gasteiger partial charge in [-0.15, -0.1) is 0 Å². The number of hydrogen-bond donors (Lipinski definition) is 1. The number of rotatable bonds is 17. The largest absolute Gasteiger partial charge is 0.497 e. The van der Waals surface area contributed by atoms with Crippen LogP contribution >= 0.6 is 24.5 Å². The van der Waals surface area contributed by atoms with Crippen molar-refractivity contribution in [2.24, 2.45) is 0 Å². The van der Waals surface area contributed by atoms with Crippen molar-refractivity contribution in [1.29, 1.82) is 5.26 Å². The second kappa shape index (κ2) is 18.5. The zero-order chi connectivity index (χ0) is 38.1. The molecule has 53 heavy (non-hydrogen) atoms. The fourth-order valence-corrected chi connectivity index (χ4v) is 8.58. The number of halogens is 1. The number of H-pyrrole nitrogens is 1. The molecule has 4 aromatic rings. The highest BCUT2D eigenvalue weighted by Gasteiger charge is 2.45. The van der Waals surface area contributed by atoms with Crippen LogP contribution in [0, 0.1) is 11.3 Å². The van der Waals surface area contributed by atoms with Crippen LogP contribution in [0.25, 0.3) is 0 Å². The number of benzene rings is 3. The summed E-state index contributed by atoms with van der Waals surface area (Å²) in [6.07, 6.45) is -0.248. The summed E-state index contributed by atoms with van der Waals surface area (Å²) < 4.78 is 41.7. The molecule has 0 bridgehead atoms. The molecule has 12 nitrogen and oxygen atoms in total. The zero-order valence-corrected chi connectivity index (χ0v) is 33.2. The summed E-state index contributed by atoms with van der Waals surface area (Å²) in [5, 5.41) is 9.29. The van der Waals surface area contributed by atoms with Gasteiger partial charge in [-0.2, -0.15) is 5.26 Å². The first-order valence-corrected chi connectivity index (χ1v) is 19.3. The molecule has 0 spiro atoms. The van der Waals surface area contributed by atoms with Crippen molar-refractivity contribution >= 4 is 24.5 Å². The SMILES string of the molecule is COc1ccc(C(OC[C@H]2O[C@@H](n3cc(Br)c(=O)[nH]c3=O)C[C@H]2OP(OCCC#N)N(C(C)C)C(C)C)(c2ccccc2)c2ccc(OC)cc2)cc1. The van der Waals surface area contributed by atoms with E-state index in [9.17, 15) is 14.9 Å². The molecule has 1 N–H and O–H groups in total. The number of nitrogens with zero attached hydrogens (tertiary/aromatic N) is 3. The summed E-state index contributed by atoms with van der Waals surface area (Å²) in [5.41, 5.74) is 0.265. The number of hydrogen-bond acceptors (Lipinski definition) is 10. The first-order chi connectivity index (χ1) is 25.5. The third-order valence-corrected chi connectivity index (χ3v) is 11.7. The summed E-state index contributed by atoms with van der Waals surface area (Å²) in [7, 11) is 1.57. The molecule has 1 aliphatic rings. The minimum atomic E-state index is -1.68. The summed E-state index contributed by atoms with van der Waals surface area (Å²) in [5.74, 6) is 1.39. The molecule has 0 amide bonds. The molecule has 1 aliphatic heterocycles. The fraction of sp³-hybridized carbons (Fsp3) is 0.410. The topological polar surface area (TPSA) is 137 Å². The fourth-order valence-electron chi connectivity index (χ4n) is 6.50. The lowest BCUT2D eigenvalue weighted by molar-refractivity contribution is -0.0926. The maximum atomic E-state index is 13.1. The lowest BCUT2D eigenvalue weighted by Crippen LogP contribution is -2.39. The van der Waals surface area contributed by atoms with Crippen LogP contribution in [0.15, 0.2) is 99.1 Å². The maximum Gasteiger partial charge on any atom is 0.330 e. The van der Waals surface area contributed by atoms with Gasteiger partial charge in [0.1, 0.15) is 29.4 Å². The van der Waals surface area contributed by atoms with E-state index >= 15 is 0 Å². The van der Waals surface area contributed by atoms with Gasteiger partial charge < -0.3 is 28.0 Å². The Morgan fingerprint density at radius 2 is 1.51 bits per heavy atom. The molecule has 1 saturated heterocycles. The molecule has 5 rings (SSSR count). The summed E-state index contributed by atoms with van der Waals surface area (Å²) in [6, 6.07) is 27.7. The Bertz CT molecular complexity index is 1880. The molecule has 282 valence electrons. The van der Waals surface area contributed by atoms with Crippen molar-refractivity contribution < 1.29 is 28.0 Å². The maximum absolute atomic E-state index is 13.1. The van der Waals surface area contributed by atoms with Gasteiger partial charge in [0.05, 0.1) is 50.5 Å². The number of aromatic nitrogens is 2. The molecule has 1 unspecified atom stereocenters. The van der Waals surface area contributed by atoms with Gasteiger partial charge in [0.2, 0.25) is 0 Å². The number of ether oxygens (including phenoxy) is 4. The highest BCUT2D eigenvalue weighted by molar-refractivity contribution is 9.10. The Hall–Kier alpha value is -3.86. The molecule has 0 aliphatic carbocycles. The van der Waals surface area contributed by atoms with Crippen molar-refractivity contribution in [3.63, 3.8) is 0 Å². The van der Waals surface area contributed by atoms with Crippen molar-refractivity contribution in [2.75, 3.05) is 27.4 Å². The molecule has 3 aromatic carbocycles. The first kappa shape index (κ1) is 40.3. The highest BCUT2D eigenvalue weighted by atomic mass is 79.9. The van der Waals surface area contributed by atoms with Crippen LogP contribution in [-0.2, 0) is 24.1 Å². The van der Waals surface area contributed by atoms with E-state index in [0.717, 1.165) is 16.7 Å². The smallest absolute Gasteiger partial charge is 0.330 e. The van der Waals surface area contributed by atoms with Gasteiger partial charge >= 0.3 is 5.69 Å². The van der Waals surface area contributed by atoms with E-state index in [-0.39, 0.29) is 42.6 Å². The van der Waals surface area contributed by atoms with Crippen LogP contribution < -0.4 is 20.7 Å². The van der Waals surface area contributed by atoms with E-state index in [1.165, 1.54) is 10.8 Å². The molecule has 0 radical (unpaired) electrons. The van der Waals surface area contributed by atoms with Crippen molar-refractivity contribution in [3.8, 4) is 17.6 Å². The lowest BCUT2D eigenvalue weighted by Gasteiger charge is -2.39. The Labute approximate surface area is 319 Å². The second-order valence-electron chi connectivity index (χ2n) is 13.0. The molecule has 1 aromatic heterocycles. The number of nitrogens with one attached hydrogen (secondary N) is 1. The minimum Gasteiger partial charge on any atom is -0.497 e. The molecular weight excluding hydrogens is 763 g/mol. The van der Waals surface area contributed by atoms with Gasteiger partial charge in [0.25, 0.3) is 14.1 Å². The Balaban J connectivity index is 1.60. The number of methoxy groups -OCH3 is 2. The average molecular weight is 810 g/mol. The molecule has 14 heteroatoms. The quantitative estimate of drug-likeness (QED) is 0.0659. The number of aromatic amines is 1. The van der Waals surface area contributed by atoms with Crippen LogP contribution in [0.1, 0.15) is 63.5 Å². The van der Waals surface area contributed by atoms with Crippen molar-refractivity contribution in [3.05, 3.63) is 127 Å². The summed E-state index contributed by atoms with van der Waals surface area (Å²) >= 11 is 3.26. The number of nitriles is 1. The molecular formula is C39H46BrN4O8P. The van der Waals surface area contributed by atoms with Gasteiger partial charge in [0, 0.05) is 24.7 Å². The van der Waals surface area contributed by atoms with Crippen LogP contribution in [0.4, 0.5) is 0 Å². The monoisotopic (exact) mass is 808 g/mol. The molecule has 2 heterocycles. The van der Waals surface area contributed by atoms with E-state index in [2.05, 4.69) is 59.3 Å². The first-order valence-electron chi connectivity index (χ1n) is 17.4. The van der Waals surface area contributed by atoms with Crippen molar-refractivity contribution in [2.45, 2.75) is 76.7 Å². The normalized spacial score (nSPS) is 18.0.